The lowest BCUT2D eigenvalue weighted by atomic mass is 9.81. The van der Waals surface area contributed by atoms with E-state index in [2.05, 4.69) is 64.6 Å². The van der Waals surface area contributed by atoms with Crippen LogP contribution in [0.5, 0.6) is 0 Å². The quantitative estimate of drug-likeness (QED) is 0.768. The summed E-state index contributed by atoms with van der Waals surface area (Å²) in [5.41, 5.74) is 1.42. The van der Waals surface area contributed by atoms with Crippen molar-refractivity contribution in [3.8, 4) is 0 Å². The SMILES string of the molecule is CCCCC1(c2ccccc2)CNC(=O)N1C1CCN(C2(C)CCNCC2)CC1. The van der Waals surface area contributed by atoms with Gasteiger partial charge in [-0.15, -0.1) is 0 Å². The molecule has 1 aromatic carbocycles. The van der Waals surface area contributed by atoms with Crippen molar-refractivity contribution in [1.82, 2.24) is 20.4 Å². The second-order valence-corrected chi connectivity index (χ2v) is 9.50. The van der Waals surface area contributed by atoms with Gasteiger partial charge in [-0.1, -0.05) is 50.1 Å². The highest BCUT2D eigenvalue weighted by atomic mass is 16.2. The maximum absolute atomic E-state index is 13.1. The van der Waals surface area contributed by atoms with Crippen molar-refractivity contribution in [3.05, 3.63) is 35.9 Å². The Labute approximate surface area is 176 Å². The predicted molar refractivity (Wildman–Crippen MR) is 118 cm³/mol. The van der Waals surface area contributed by atoms with E-state index in [0.29, 0.717) is 11.6 Å². The minimum absolute atomic E-state index is 0.136. The molecule has 5 heteroatoms. The first kappa shape index (κ1) is 20.7. The van der Waals surface area contributed by atoms with Crippen LogP contribution in [0.15, 0.2) is 30.3 Å². The van der Waals surface area contributed by atoms with Gasteiger partial charge in [0.2, 0.25) is 0 Å². The highest BCUT2D eigenvalue weighted by Gasteiger charge is 2.50. The molecule has 1 unspecified atom stereocenters. The van der Waals surface area contributed by atoms with Gasteiger partial charge < -0.3 is 15.5 Å². The van der Waals surface area contributed by atoms with Gasteiger partial charge >= 0.3 is 6.03 Å². The standard InChI is InChI=1S/C24H38N4O/c1-3-4-12-24(20-8-6-5-7-9-20)19-26-22(29)28(24)21-10-17-27(18-11-21)23(2)13-15-25-16-14-23/h5-9,21,25H,3-4,10-19H2,1-2H3,(H,26,29). The molecule has 29 heavy (non-hydrogen) atoms. The molecule has 1 aromatic rings. The molecular formula is C24H38N4O. The average Bonchev–Trinajstić information content (AvgIpc) is 3.11. The van der Waals surface area contributed by atoms with E-state index in [4.69, 9.17) is 0 Å². The maximum Gasteiger partial charge on any atom is 0.318 e. The number of nitrogens with one attached hydrogen (secondary N) is 2. The van der Waals surface area contributed by atoms with E-state index in [-0.39, 0.29) is 11.6 Å². The molecule has 3 heterocycles. The molecule has 3 saturated heterocycles. The van der Waals surface area contributed by atoms with E-state index < -0.39 is 0 Å². The van der Waals surface area contributed by atoms with Gasteiger partial charge in [-0.2, -0.15) is 0 Å². The molecule has 0 aliphatic carbocycles. The summed E-state index contributed by atoms with van der Waals surface area (Å²) in [6.45, 7) is 9.86. The van der Waals surface area contributed by atoms with Gasteiger partial charge in [-0.3, -0.25) is 4.90 Å². The van der Waals surface area contributed by atoms with Gasteiger partial charge in [0.15, 0.2) is 0 Å². The number of piperidine rings is 2. The van der Waals surface area contributed by atoms with Crippen LogP contribution < -0.4 is 10.6 Å². The second kappa shape index (κ2) is 8.65. The highest BCUT2D eigenvalue weighted by Crippen LogP contribution is 2.41. The zero-order valence-electron chi connectivity index (χ0n) is 18.3. The van der Waals surface area contributed by atoms with Gasteiger partial charge in [0.1, 0.15) is 0 Å². The fraction of sp³-hybridized carbons (Fsp3) is 0.708. The molecule has 5 nitrogen and oxygen atoms in total. The fourth-order valence-electron chi connectivity index (χ4n) is 5.86. The van der Waals surface area contributed by atoms with Crippen molar-refractivity contribution < 1.29 is 4.79 Å². The summed E-state index contributed by atoms with van der Waals surface area (Å²) in [7, 11) is 0. The summed E-state index contributed by atoms with van der Waals surface area (Å²) in [6.07, 6.45) is 7.95. The molecular weight excluding hydrogens is 360 g/mol. The number of unbranched alkanes of at least 4 members (excludes halogenated alkanes) is 1. The van der Waals surface area contributed by atoms with Crippen LogP contribution in [0.3, 0.4) is 0 Å². The number of amides is 2. The molecule has 0 saturated carbocycles. The first-order chi connectivity index (χ1) is 14.1. The van der Waals surface area contributed by atoms with Crippen molar-refractivity contribution in [2.75, 3.05) is 32.7 Å². The van der Waals surface area contributed by atoms with Crippen molar-refractivity contribution in [2.45, 2.75) is 75.9 Å². The summed E-state index contributed by atoms with van der Waals surface area (Å²) < 4.78 is 0. The van der Waals surface area contributed by atoms with E-state index >= 15 is 0 Å². The smallest absolute Gasteiger partial charge is 0.318 e. The van der Waals surface area contributed by atoms with Crippen molar-refractivity contribution >= 4 is 6.03 Å². The van der Waals surface area contributed by atoms with Gasteiger partial charge in [-0.25, -0.2) is 4.79 Å². The molecule has 0 radical (unpaired) electrons. The number of hydrogen-bond donors (Lipinski definition) is 2. The van der Waals surface area contributed by atoms with E-state index in [1.807, 2.05) is 0 Å². The Hall–Kier alpha value is -1.59. The van der Waals surface area contributed by atoms with Crippen molar-refractivity contribution in [1.29, 1.82) is 0 Å². The zero-order valence-corrected chi connectivity index (χ0v) is 18.3. The van der Waals surface area contributed by atoms with E-state index in [1.54, 1.807) is 0 Å². The van der Waals surface area contributed by atoms with E-state index in [0.717, 1.165) is 64.8 Å². The minimum atomic E-state index is -0.195. The first-order valence-corrected chi connectivity index (χ1v) is 11.7. The van der Waals surface area contributed by atoms with Crippen LogP contribution in [-0.2, 0) is 5.54 Å². The Morgan fingerprint density at radius 1 is 1.10 bits per heavy atom. The van der Waals surface area contributed by atoms with Gasteiger partial charge in [0, 0.05) is 31.2 Å². The lowest BCUT2D eigenvalue weighted by Gasteiger charge is -2.50. The number of likely N-dealkylation sites (tertiary alicyclic amines) is 1. The summed E-state index contributed by atoms with van der Waals surface area (Å²) in [5, 5.41) is 6.71. The number of hydrogen-bond acceptors (Lipinski definition) is 3. The maximum atomic E-state index is 13.1. The molecule has 3 aliphatic rings. The lowest BCUT2D eigenvalue weighted by Crippen LogP contribution is -2.59. The number of rotatable bonds is 6. The Morgan fingerprint density at radius 3 is 2.45 bits per heavy atom. The zero-order chi connectivity index (χ0) is 20.3. The van der Waals surface area contributed by atoms with Crippen LogP contribution in [0, 0.1) is 0 Å². The van der Waals surface area contributed by atoms with Crippen LogP contribution in [0.4, 0.5) is 4.79 Å². The molecule has 4 rings (SSSR count). The molecule has 160 valence electrons. The van der Waals surface area contributed by atoms with Crippen LogP contribution in [0.2, 0.25) is 0 Å². The van der Waals surface area contributed by atoms with E-state index in [1.165, 1.54) is 18.4 Å². The van der Waals surface area contributed by atoms with Crippen LogP contribution in [-0.4, -0.2) is 60.1 Å². The Morgan fingerprint density at radius 2 is 1.79 bits per heavy atom. The summed E-state index contributed by atoms with van der Waals surface area (Å²) >= 11 is 0. The topological polar surface area (TPSA) is 47.6 Å². The molecule has 1 atom stereocenters. The summed E-state index contributed by atoms with van der Waals surface area (Å²) in [5.74, 6) is 0. The number of nitrogens with zero attached hydrogens (tertiary/aromatic N) is 2. The monoisotopic (exact) mass is 398 g/mol. The highest BCUT2D eigenvalue weighted by molar-refractivity contribution is 5.79. The number of carbonyl (C=O) groups excluding carboxylic acids is 1. The van der Waals surface area contributed by atoms with Crippen LogP contribution >= 0.6 is 0 Å². The normalized spacial score (nSPS) is 28.5. The van der Waals surface area contributed by atoms with Gasteiger partial charge in [0.05, 0.1) is 5.54 Å². The molecule has 0 aromatic heterocycles. The Bertz CT molecular complexity index is 679. The minimum Gasteiger partial charge on any atom is -0.335 e. The number of carbonyl (C=O) groups is 1. The van der Waals surface area contributed by atoms with Crippen LogP contribution in [0.1, 0.15) is 64.4 Å². The molecule has 2 amide bonds. The third kappa shape index (κ3) is 3.91. The van der Waals surface area contributed by atoms with Gasteiger partial charge in [-0.05, 0) is 57.7 Å². The third-order valence-electron chi connectivity index (χ3n) is 7.74. The Kier molecular flexibility index (Phi) is 6.16. The average molecular weight is 399 g/mol. The van der Waals surface area contributed by atoms with Crippen molar-refractivity contribution in [3.63, 3.8) is 0 Å². The predicted octanol–water partition coefficient (Wildman–Crippen LogP) is 3.70. The second-order valence-electron chi connectivity index (χ2n) is 9.50. The van der Waals surface area contributed by atoms with Crippen LogP contribution in [0.25, 0.3) is 0 Å². The fourth-order valence-corrected chi connectivity index (χ4v) is 5.86. The summed E-state index contributed by atoms with van der Waals surface area (Å²) in [6, 6.07) is 11.2. The number of benzene rings is 1. The first-order valence-electron chi connectivity index (χ1n) is 11.7. The molecule has 0 spiro atoms. The van der Waals surface area contributed by atoms with E-state index in [9.17, 15) is 4.79 Å². The molecule has 3 aliphatic heterocycles. The Balaban J connectivity index is 1.53. The lowest BCUT2D eigenvalue weighted by molar-refractivity contribution is 0.0109. The third-order valence-corrected chi connectivity index (χ3v) is 7.74. The molecule has 3 fully saturated rings. The van der Waals surface area contributed by atoms with Crippen molar-refractivity contribution in [2.24, 2.45) is 0 Å². The molecule has 2 N–H and O–H groups in total. The summed E-state index contributed by atoms with van der Waals surface area (Å²) in [4.78, 5) is 18.0. The molecule has 0 bridgehead atoms. The largest absolute Gasteiger partial charge is 0.335 e. The van der Waals surface area contributed by atoms with Gasteiger partial charge in [0.25, 0.3) is 0 Å². The number of urea groups is 1.